The Labute approximate surface area is 159 Å². The van der Waals surface area contributed by atoms with E-state index in [2.05, 4.69) is 26.1 Å². The first kappa shape index (κ1) is 20.2. The normalized spacial score (nSPS) is 11.4. The van der Waals surface area contributed by atoms with E-state index in [1.165, 1.54) is 23.8 Å². The molecule has 0 saturated carbocycles. The van der Waals surface area contributed by atoms with Crippen LogP contribution >= 0.6 is 0 Å². The molecule has 0 unspecified atom stereocenters. The van der Waals surface area contributed by atoms with Crippen LogP contribution in [0.25, 0.3) is 6.08 Å². The van der Waals surface area contributed by atoms with Gasteiger partial charge in [0.25, 0.3) is 5.69 Å². The van der Waals surface area contributed by atoms with E-state index in [1.807, 2.05) is 24.3 Å². The van der Waals surface area contributed by atoms with Gasteiger partial charge in [-0.1, -0.05) is 45.0 Å². The molecule has 0 saturated heterocycles. The van der Waals surface area contributed by atoms with Gasteiger partial charge in [0.05, 0.1) is 17.6 Å². The van der Waals surface area contributed by atoms with Crippen molar-refractivity contribution >= 4 is 23.4 Å². The number of nitrogens with zero attached hydrogens (tertiary/aromatic N) is 1. The SMILES string of the molecule is CCOc1ccc(NC(=O)C=Cc2ccc(C(C)(C)C)cc2)c([N+](=O)[O-])c1. The van der Waals surface area contributed by atoms with Crippen molar-refractivity contribution in [3.05, 3.63) is 69.8 Å². The van der Waals surface area contributed by atoms with Gasteiger partial charge in [0, 0.05) is 6.08 Å². The third kappa shape index (κ3) is 5.67. The highest BCUT2D eigenvalue weighted by Crippen LogP contribution is 2.29. The summed E-state index contributed by atoms with van der Waals surface area (Å²) >= 11 is 0. The maximum Gasteiger partial charge on any atom is 0.296 e. The summed E-state index contributed by atoms with van der Waals surface area (Å²) in [5.74, 6) is -0.0566. The summed E-state index contributed by atoms with van der Waals surface area (Å²) in [6.45, 7) is 8.60. The molecule has 0 aliphatic carbocycles. The number of ether oxygens (including phenoxy) is 1. The Morgan fingerprint density at radius 2 is 1.85 bits per heavy atom. The predicted octanol–water partition coefficient (Wildman–Crippen LogP) is 4.94. The van der Waals surface area contributed by atoms with Gasteiger partial charge >= 0.3 is 0 Å². The Bertz CT molecular complexity index is 849. The van der Waals surface area contributed by atoms with Crippen LogP contribution in [-0.2, 0) is 10.2 Å². The molecule has 0 aliphatic heterocycles. The summed E-state index contributed by atoms with van der Waals surface area (Å²) in [6.07, 6.45) is 3.02. The van der Waals surface area contributed by atoms with Gasteiger partial charge in [0.15, 0.2) is 0 Å². The van der Waals surface area contributed by atoms with Crippen molar-refractivity contribution in [1.82, 2.24) is 0 Å². The van der Waals surface area contributed by atoms with Crippen LogP contribution < -0.4 is 10.1 Å². The zero-order valence-electron chi connectivity index (χ0n) is 16.0. The smallest absolute Gasteiger partial charge is 0.296 e. The first-order chi connectivity index (χ1) is 12.7. The Morgan fingerprint density at radius 1 is 1.19 bits per heavy atom. The number of benzene rings is 2. The van der Waals surface area contributed by atoms with Crippen LogP contribution in [0.15, 0.2) is 48.5 Å². The van der Waals surface area contributed by atoms with Crippen LogP contribution in [0.3, 0.4) is 0 Å². The van der Waals surface area contributed by atoms with Gasteiger partial charge < -0.3 is 10.1 Å². The minimum Gasteiger partial charge on any atom is -0.494 e. The van der Waals surface area contributed by atoms with E-state index in [9.17, 15) is 14.9 Å². The molecule has 0 aromatic heterocycles. The molecule has 0 aliphatic rings. The summed E-state index contributed by atoms with van der Waals surface area (Å²) in [6, 6.07) is 12.3. The zero-order chi connectivity index (χ0) is 20.0. The van der Waals surface area contributed by atoms with Gasteiger partial charge in [-0.25, -0.2) is 0 Å². The van der Waals surface area contributed by atoms with Gasteiger partial charge in [0.1, 0.15) is 11.4 Å². The highest BCUT2D eigenvalue weighted by molar-refractivity contribution is 6.03. The first-order valence-electron chi connectivity index (χ1n) is 8.71. The van der Waals surface area contributed by atoms with E-state index in [1.54, 1.807) is 19.1 Å². The molecule has 0 atom stereocenters. The molecule has 0 radical (unpaired) electrons. The maximum atomic E-state index is 12.1. The number of carbonyl (C=O) groups excluding carboxylic acids is 1. The van der Waals surface area contributed by atoms with Gasteiger partial charge in [-0.3, -0.25) is 14.9 Å². The number of nitrogens with one attached hydrogen (secondary N) is 1. The molecule has 1 N–H and O–H groups in total. The lowest BCUT2D eigenvalue weighted by Crippen LogP contribution is -2.10. The van der Waals surface area contributed by atoms with Crippen molar-refractivity contribution in [1.29, 1.82) is 0 Å². The van der Waals surface area contributed by atoms with Crippen molar-refractivity contribution < 1.29 is 14.5 Å². The van der Waals surface area contributed by atoms with Crippen LogP contribution in [0, 0.1) is 10.1 Å². The van der Waals surface area contributed by atoms with E-state index in [4.69, 9.17) is 4.74 Å². The molecule has 2 aromatic rings. The fraction of sp³-hybridized carbons (Fsp3) is 0.286. The quantitative estimate of drug-likeness (QED) is 0.445. The van der Waals surface area contributed by atoms with Crippen LogP contribution in [0.1, 0.15) is 38.8 Å². The van der Waals surface area contributed by atoms with Crippen LogP contribution in [-0.4, -0.2) is 17.4 Å². The third-order valence-corrected chi connectivity index (χ3v) is 3.94. The largest absolute Gasteiger partial charge is 0.494 e. The summed E-state index contributed by atoms with van der Waals surface area (Å²) < 4.78 is 5.26. The molecule has 1 amide bonds. The number of hydrogen-bond donors (Lipinski definition) is 1. The summed E-state index contributed by atoms with van der Waals surface area (Å²) in [5, 5.41) is 13.8. The number of nitro groups is 1. The molecule has 6 nitrogen and oxygen atoms in total. The number of anilines is 1. The maximum absolute atomic E-state index is 12.1. The molecular weight excluding hydrogens is 344 g/mol. The molecule has 0 spiro atoms. The molecule has 0 fully saturated rings. The Hall–Kier alpha value is -3.15. The molecule has 0 heterocycles. The molecule has 0 bridgehead atoms. The van der Waals surface area contributed by atoms with Crippen molar-refractivity contribution in [2.24, 2.45) is 0 Å². The second-order valence-corrected chi connectivity index (χ2v) is 7.06. The predicted molar refractivity (Wildman–Crippen MR) is 107 cm³/mol. The number of amides is 1. The highest BCUT2D eigenvalue weighted by Gasteiger charge is 2.16. The van der Waals surface area contributed by atoms with Gasteiger partial charge in [-0.05, 0) is 41.7 Å². The van der Waals surface area contributed by atoms with Gasteiger partial charge in [-0.2, -0.15) is 0 Å². The fourth-order valence-corrected chi connectivity index (χ4v) is 2.47. The minimum absolute atomic E-state index is 0.0617. The standard InChI is InChI=1S/C21H24N2O4/c1-5-27-17-11-12-18(19(14-17)23(25)26)22-20(24)13-8-15-6-9-16(10-7-15)21(2,3)4/h6-14H,5H2,1-4H3,(H,22,24). The number of nitro benzene ring substituents is 1. The van der Waals surface area contributed by atoms with Crippen molar-refractivity contribution in [2.45, 2.75) is 33.1 Å². The lowest BCUT2D eigenvalue weighted by atomic mass is 9.87. The average molecular weight is 368 g/mol. The molecule has 2 rings (SSSR count). The molecule has 142 valence electrons. The van der Waals surface area contributed by atoms with Crippen LogP contribution in [0.4, 0.5) is 11.4 Å². The third-order valence-electron chi connectivity index (χ3n) is 3.94. The zero-order valence-corrected chi connectivity index (χ0v) is 16.0. The van der Waals surface area contributed by atoms with Gasteiger partial charge in [-0.15, -0.1) is 0 Å². The van der Waals surface area contributed by atoms with Crippen molar-refractivity contribution in [3.8, 4) is 5.75 Å². The Kier molecular flexibility index (Phi) is 6.34. The minimum atomic E-state index is -0.549. The second kappa shape index (κ2) is 8.49. The lowest BCUT2D eigenvalue weighted by molar-refractivity contribution is -0.384. The molecular formula is C21H24N2O4. The van der Waals surface area contributed by atoms with E-state index in [0.717, 1.165) is 5.56 Å². The van der Waals surface area contributed by atoms with Gasteiger partial charge in [0.2, 0.25) is 5.91 Å². The van der Waals surface area contributed by atoms with Crippen molar-refractivity contribution in [2.75, 3.05) is 11.9 Å². The summed E-state index contributed by atoms with van der Waals surface area (Å²) in [4.78, 5) is 22.8. The highest BCUT2D eigenvalue weighted by atomic mass is 16.6. The van der Waals surface area contributed by atoms with Crippen LogP contribution in [0.5, 0.6) is 5.75 Å². The van der Waals surface area contributed by atoms with E-state index in [-0.39, 0.29) is 16.8 Å². The topological polar surface area (TPSA) is 81.5 Å². The Balaban J connectivity index is 2.11. The lowest BCUT2D eigenvalue weighted by Gasteiger charge is -2.18. The first-order valence-corrected chi connectivity index (χ1v) is 8.71. The fourth-order valence-electron chi connectivity index (χ4n) is 2.47. The van der Waals surface area contributed by atoms with E-state index >= 15 is 0 Å². The Morgan fingerprint density at radius 3 is 2.41 bits per heavy atom. The van der Waals surface area contributed by atoms with Crippen LogP contribution in [0.2, 0.25) is 0 Å². The van der Waals surface area contributed by atoms with E-state index in [0.29, 0.717) is 12.4 Å². The number of hydrogen-bond acceptors (Lipinski definition) is 4. The molecule has 27 heavy (non-hydrogen) atoms. The monoisotopic (exact) mass is 368 g/mol. The average Bonchev–Trinajstić information content (AvgIpc) is 2.61. The van der Waals surface area contributed by atoms with E-state index < -0.39 is 10.8 Å². The van der Waals surface area contributed by atoms with Crippen molar-refractivity contribution in [3.63, 3.8) is 0 Å². The molecule has 6 heteroatoms. The summed E-state index contributed by atoms with van der Waals surface area (Å²) in [7, 11) is 0. The summed E-state index contributed by atoms with van der Waals surface area (Å²) in [5.41, 5.74) is 2.05. The number of carbonyl (C=O) groups is 1. The molecule has 2 aromatic carbocycles. The second-order valence-electron chi connectivity index (χ2n) is 7.06. The number of rotatable bonds is 6.